The quantitative estimate of drug-likeness (QED) is 0.583. The van der Waals surface area contributed by atoms with Gasteiger partial charge in [-0.2, -0.15) is 0 Å². The van der Waals surface area contributed by atoms with E-state index in [1.54, 1.807) is 0 Å². The zero-order chi connectivity index (χ0) is 15.3. The van der Waals surface area contributed by atoms with Crippen LogP contribution < -0.4 is 0 Å². The first-order valence-corrected chi connectivity index (χ1v) is 7.41. The van der Waals surface area contributed by atoms with Gasteiger partial charge in [0.2, 0.25) is 0 Å². The number of carbonyl (C=O) groups is 3. The van der Waals surface area contributed by atoms with E-state index in [4.69, 9.17) is 9.47 Å². The molecule has 5 heteroatoms. The number of ketones is 1. The van der Waals surface area contributed by atoms with Crippen molar-refractivity contribution in [3.63, 3.8) is 0 Å². The molecule has 0 aromatic heterocycles. The summed E-state index contributed by atoms with van der Waals surface area (Å²) in [6, 6.07) is 0. The lowest BCUT2D eigenvalue weighted by atomic mass is 9.48. The summed E-state index contributed by atoms with van der Waals surface area (Å²) in [4.78, 5) is 35.3. The Bertz CT molecular complexity index is 525. The van der Waals surface area contributed by atoms with Gasteiger partial charge in [-0.3, -0.25) is 4.79 Å². The van der Waals surface area contributed by atoms with Crippen LogP contribution in [0.15, 0.2) is 12.7 Å². The van der Waals surface area contributed by atoms with E-state index >= 15 is 0 Å². The fraction of sp³-hybridized carbons (Fsp3) is 0.688. The molecule has 4 bridgehead atoms. The first kappa shape index (κ1) is 14.3. The molecule has 5 nitrogen and oxygen atoms in total. The molecule has 0 saturated heterocycles. The molecule has 0 aromatic rings. The fourth-order valence-electron chi connectivity index (χ4n) is 4.81. The molecule has 4 unspecified atom stereocenters. The van der Waals surface area contributed by atoms with Gasteiger partial charge in [0.1, 0.15) is 11.4 Å². The van der Waals surface area contributed by atoms with Crippen molar-refractivity contribution in [1.82, 2.24) is 0 Å². The van der Waals surface area contributed by atoms with Gasteiger partial charge in [0.25, 0.3) is 0 Å². The van der Waals surface area contributed by atoms with Crippen LogP contribution in [-0.2, 0) is 23.9 Å². The van der Waals surface area contributed by atoms with E-state index in [2.05, 4.69) is 6.58 Å². The average molecular weight is 292 g/mol. The van der Waals surface area contributed by atoms with Crippen molar-refractivity contribution < 1.29 is 23.9 Å². The van der Waals surface area contributed by atoms with Crippen LogP contribution in [0.3, 0.4) is 0 Å². The van der Waals surface area contributed by atoms with Gasteiger partial charge < -0.3 is 9.47 Å². The van der Waals surface area contributed by atoms with Crippen molar-refractivity contribution in [2.75, 3.05) is 6.61 Å². The minimum absolute atomic E-state index is 0.0276. The number of Topliss-reactive ketones (excluding diaryl/α,β-unsaturated/α-hetero) is 1. The number of rotatable bonds is 4. The molecule has 4 aliphatic rings. The van der Waals surface area contributed by atoms with Crippen molar-refractivity contribution in [2.24, 2.45) is 17.3 Å². The molecular weight excluding hydrogens is 272 g/mol. The van der Waals surface area contributed by atoms with Crippen LogP contribution in [0, 0.1) is 17.3 Å². The van der Waals surface area contributed by atoms with Gasteiger partial charge in [-0.05, 0) is 38.0 Å². The molecule has 0 aromatic carbocycles. The first-order valence-electron chi connectivity index (χ1n) is 7.41. The van der Waals surface area contributed by atoms with Crippen molar-refractivity contribution >= 4 is 17.7 Å². The molecule has 0 spiro atoms. The molecule has 4 fully saturated rings. The average Bonchev–Trinajstić information content (AvgIpc) is 2.40. The highest BCUT2D eigenvalue weighted by Crippen LogP contribution is 2.60. The second-order valence-electron chi connectivity index (χ2n) is 6.98. The van der Waals surface area contributed by atoms with Gasteiger partial charge in [-0.25, -0.2) is 9.59 Å². The summed E-state index contributed by atoms with van der Waals surface area (Å²) in [5.74, 6) is -0.352. The van der Waals surface area contributed by atoms with E-state index in [1.807, 2.05) is 6.92 Å². The van der Waals surface area contributed by atoms with E-state index in [9.17, 15) is 14.4 Å². The number of ether oxygens (including phenoxy) is 2. The molecule has 4 saturated carbocycles. The zero-order valence-corrected chi connectivity index (χ0v) is 12.2. The second-order valence-corrected chi connectivity index (χ2v) is 6.98. The Morgan fingerprint density at radius 1 is 1.38 bits per heavy atom. The van der Waals surface area contributed by atoms with Crippen LogP contribution in [0.2, 0.25) is 0 Å². The molecule has 0 radical (unpaired) electrons. The summed E-state index contributed by atoms with van der Waals surface area (Å²) in [7, 11) is 0. The van der Waals surface area contributed by atoms with Crippen LogP contribution in [0.4, 0.5) is 0 Å². The molecule has 0 aliphatic heterocycles. The van der Waals surface area contributed by atoms with E-state index in [-0.39, 0.29) is 11.3 Å². The Morgan fingerprint density at radius 3 is 2.81 bits per heavy atom. The molecule has 0 N–H and O–H groups in total. The van der Waals surface area contributed by atoms with Crippen molar-refractivity contribution in [1.29, 1.82) is 0 Å². The van der Waals surface area contributed by atoms with Crippen LogP contribution in [-0.4, -0.2) is 29.9 Å². The van der Waals surface area contributed by atoms with Gasteiger partial charge in [0.05, 0.1) is 0 Å². The summed E-state index contributed by atoms with van der Waals surface area (Å²) in [5, 5.41) is 0. The lowest BCUT2D eigenvalue weighted by Crippen LogP contribution is -2.61. The maximum atomic E-state index is 12.4. The monoisotopic (exact) mass is 292 g/mol. The lowest BCUT2D eigenvalue weighted by Gasteiger charge is -2.58. The number of hydrogen-bond acceptors (Lipinski definition) is 5. The predicted octanol–water partition coefficient (Wildman–Crippen LogP) is 1.80. The number of carbonyl (C=O) groups excluding carboxylic acids is 3. The Hall–Kier alpha value is -1.65. The summed E-state index contributed by atoms with van der Waals surface area (Å²) in [6.45, 7) is 4.87. The van der Waals surface area contributed by atoms with Gasteiger partial charge in [0, 0.05) is 17.4 Å². The summed E-state index contributed by atoms with van der Waals surface area (Å²) in [6.07, 6.45) is 4.91. The predicted molar refractivity (Wildman–Crippen MR) is 73.2 cm³/mol. The number of hydrogen-bond donors (Lipinski definition) is 0. The molecule has 21 heavy (non-hydrogen) atoms. The largest absolute Gasteiger partial charge is 0.456 e. The third-order valence-corrected chi connectivity index (χ3v) is 5.14. The topological polar surface area (TPSA) is 69.7 Å². The minimum atomic E-state index is -0.639. The smallest absolute Gasteiger partial charge is 0.344 e. The minimum Gasteiger partial charge on any atom is -0.456 e. The van der Waals surface area contributed by atoms with Crippen LogP contribution in [0.1, 0.15) is 39.0 Å². The van der Waals surface area contributed by atoms with E-state index < -0.39 is 24.1 Å². The van der Waals surface area contributed by atoms with E-state index in [1.165, 1.54) is 0 Å². The SMILES string of the molecule is C=CC(=O)OCC(=O)OC12CC3CC(C1)C(=O)C(C)(C3)C2. The van der Waals surface area contributed by atoms with Crippen LogP contribution in [0.25, 0.3) is 0 Å². The van der Waals surface area contributed by atoms with Gasteiger partial charge >= 0.3 is 11.9 Å². The van der Waals surface area contributed by atoms with Gasteiger partial charge in [0.15, 0.2) is 6.61 Å². The highest BCUT2D eigenvalue weighted by molar-refractivity contribution is 5.89. The second kappa shape index (κ2) is 4.68. The Labute approximate surface area is 123 Å². The molecule has 4 atom stereocenters. The van der Waals surface area contributed by atoms with Crippen LogP contribution in [0.5, 0.6) is 0 Å². The standard InChI is InChI=1S/C16H20O5/c1-3-12(17)20-8-13(18)21-16-6-10-4-11(7-16)14(19)15(2,5-10)9-16/h3,10-11H,1,4-9H2,2H3. The van der Waals surface area contributed by atoms with E-state index in [0.717, 1.165) is 25.3 Å². The van der Waals surface area contributed by atoms with Crippen molar-refractivity contribution in [2.45, 2.75) is 44.6 Å². The molecule has 0 heterocycles. The third kappa shape index (κ3) is 2.39. The fourth-order valence-corrected chi connectivity index (χ4v) is 4.81. The van der Waals surface area contributed by atoms with Gasteiger partial charge in [-0.1, -0.05) is 13.5 Å². The summed E-state index contributed by atoms with van der Waals surface area (Å²) < 4.78 is 10.4. The maximum absolute atomic E-state index is 12.4. The Morgan fingerprint density at radius 2 is 2.14 bits per heavy atom. The normalized spacial score (nSPS) is 40.0. The summed E-state index contributed by atoms with van der Waals surface area (Å²) in [5.41, 5.74) is -0.881. The Kier molecular flexibility index (Phi) is 3.19. The number of esters is 2. The molecule has 0 amide bonds. The van der Waals surface area contributed by atoms with Gasteiger partial charge in [-0.15, -0.1) is 0 Å². The highest BCUT2D eigenvalue weighted by Gasteiger charge is 2.62. The van der Waals surface area contributed by atoms with Crippen molar-refractivity contribution in [3.8, 4) is 0 Å². The van der Waals surface area contributed by atoms with E-state index in [0.29, 0.717) is 24.5 Å². The van der Waals surface area contributed by atoms with Crippen molar-refractivity contribution in [3.05, 3.63) is 12.7 Å². The molecule has 4 aliphatic carbocycles. The molecular formula is C16H20O5. The van der Waals surface area contributed by atoms with Crippen LogP contribution >= 0.6 is 0 Å². The highest BCUT2D eigenvalue weighted by atomic mass is 16.6. The first-order chi connectivity index (χ1) is 9.86. The molecule has 114 valence electrons. The maximum Gasteiger partial charge on any atom is 0.344 e. The summed E-state index contributed by atoms with van der Waals surface area (Å²) >= 11 is 0. The third-order valence-electron chi connectivity index (χ3n) is 5.14. The molecule has 4 rings (SSSR count). The lowest BCUT2D eigenvalue weighted by molar-refractivity contribution is -0.203. The Balaban J connectivity index is 1.68. The zero-order valence-electron chi connectivity index (χ0n) is 12.2.